The van der Waals surface area contributed by atoms with E-state index in [1.165, 1.54) is 12.8 Å². The van der Waals surface area contributed by atoms with Crippen LogP contribution in [0.5, 0.6) is 5.75 Å². The fraction of sp³-hybridized carbons (Fsp3) is 0.625. The van der Waals surface area contributed by atoms with Gasteiger partial charge in [-0.05, 0) is 30.9 Å². The number of aliphatic hydroxyl groups excluding tert-OH is 1. The van der Waals surface area contributed by atoms with Crippen LogP contribution in [0.2, 0.25) is 0 Å². The molecule has 0 radical (unpaired) electrons. The van der Waals surface area contributed by atoms with Crippen molar-refractivity contribution in [3.05, 3.63) is 24.3 Å². The number of nitrogen functional groups attached to an aromatic ring is 1. The van der Waals surface area contributed by atoms with Crippen LogP contribution in [0, 0.1) is 5.92 Å². The van der Waals surface area contributed by atoms with E-state index in [4.69, 9.17) is 10.5 Å². The van der Waals surface area contributed by atoms with Crippen LogP contribution in [-0.4, -0.2) is 41.8 Å². The molecule has 0 amide bonds. The number of hydrogen-bond acceptors (Lipinski definition) is 4. The van der Waals surface area contributed by atoms with Crippen molar-refractivity contribution in [2.75, 3.05) is 25.4 Å². The van der Waals surface area contributed by atoms with Gasteiger partial charge in [0.05, 0.1) is 0 Å². The lowest BCUT2D eigenvalue weighted by molar-refractivity contribution is 0.0613. The Morgan fingerprint density at radius 2 is 2.10 bits per heavy atom. The molecule has 1 saturated carbocycles. The molecule has 0 saturated heterocycles. The van der Waals surface area contributed by atoms with Crippen LogP contribution < -0.4 is 10.5 Å². The summed E-state index contributed by atoms with van der Waals surface area (Å²) in [6, 6.07) is 7.97. The lowest BCUT2D eigenvalue weighted by Crippen LogP contribution is -2.39. The molecule has 1 aromatic carbocycles. The lowest BCUT2D eigenvalue weighted by atomic mass is 10.2. The zero-order valence-corrected chi connectivity index (χ0v) is 12.5. The highest BCUT2D eigenvalue weighted by atomic mass is 16.5. The van der Waals surface area contributed by atoms with Gasteiger partial charge in [0, 0.05) is 30.9 Å². The Morgan fingerprint density at radius 3 is 2.70 bits per heavy atom. The molecule has 112 valence electrons. The zero-order valence-electron chi connectivity index (χ0n) is 12.5. The summed E-state index contributed by atoms with van der Waals surface area (Å²) >= 11 is 0. The monoisotopic (exact) mass is 278 g/mol. The van der Waals surface area contributed by atoms with E-state index in [9.17, 15) is 5.11 Å². The third kappa shape index (κ3) is 5.02. The van der Waals surface area contributed by atoms with Gasteiger partial charge < -0.3 is 15.6 Å². The third-order valence-electron chi connectivity index (χ3n) is 3.41. The van der Waals surface area contributed by atoms with Crippen LogP contribution >= 0.6 is 0 Å². The normalized spacial score (nSPS) is 16.6. The highest BCUT2D eigenvalue weighted by Gasteiger charge is 2.30. The topological polar surface area (TPSA) is 58.7 Å². The maximum absolute atomic E-state index is 10.1. The largest absolute Gasteiger partial charge is 0.491 e. The molecule has 1 fully saturated rings. The van der Waals surface area contributed by atoms with Crippen molar-refractivity contribution in [1.29, 1.82) is 0 Å². The summed E-state index contributed by atoms with van der Waals surface area (Å²) in [4.78, 5) is 2.39. The quantitative estimate of drug-likeness (QED) is 0.715. The molecular formula is C16H26N2O2. The molecule has 0 aromatic heterocycles. The van der Waals surface area contributed by atoms with Gasteiger partial charge in [0.25, 0.3) is 0 Å². The zero-order chi connectivity index (χ0) is 14.5. The number of anilines is 1. The van der Waals surface area contributed by atoms with Crippen molar-refractivity contribution in [3.63, 3.8) is 0 Å². The number of benzene rings is 1. The molecule has 4 nitrogen and oxygen atoms in total. The van der Waals surface area contributed by atoms with Gasteiger partial charge in [0.1, 0.15) is 18.5 Å². The minimum atomic E-state index is -0.462. The molecule has 20 heavy (non-hydrogen) atoms. The van der Waals surface area contributed by atoms with E-state index >= 15 is 0 Å². The maximum Gasteiger partial charge on any atom is 0.121 e. The standard InChI is InChI=1S/C16H26N2O2/c1-12(2)9-18(14-6-7-14)10-15(19)11-20-16-5-3-4-13(17)8-16/h3-5,8,12,14-15,19H,6-7,9-11,17H2,1-2H3. The van der Waals surface area contributed by atoms with Crippen LogP contribution in [-0.2, 0) is 0 Å². The first-order chi connectivity index (χ1) is 9.54. The molecule has 0 spiro atoms. The first-order valence-electron chi connectivity index (χ1n) is 7.45. The number of rotatable bonds is 8. The highest BCUT2D eigenvalue weighted by molar-refractivity contribution is 5.43. The van der Waals surface area contributed by atoms with E-state index < -0.39 is 6.10 Å². The van der Waals surface area contributed by atoms with Gasteiger partial charge in [0.2, 0.25) is 0 Å². The summed E-state index contributed by atoms with van der Waals surface area (Å²) in [5.41, 5.74) is 6.38. The van der Waals surface area contributed by atoms with Gasteiger partial charge in [-0.2, -0.15) is 0 Å². The number of hydrogen-bond donors (Lipinski definition) is 2. The van der Waals surface area contributed by atoms with E-state index in [1.54, 1.807) is 6.07 Å². The second-order valence-corrected chi connectivity index (χ2v) is 6.12. The van der Waals surface area contributed by atoms with E-state index in [0.717, 1.165) is 6.54 Å². The Bertz CT molecular complexity index is 419. The van der Waals surface area contributed by atoms with E-state index in [1.807, 2.05) is 18.2 Å². The molecule has 1 atom stereocenters. The van der Waals surface area contributed by atoms with Crippen LogP contribution in [0.4, 0.5) is 5.69 Å². The Hall–Kier alpha value is -1.26. The van der Waals surface area contributed by atoms with Gasteiger partial charge in [-0.3, -0.25) is 4.90 Å². The number of aliphatic hydroxyl groups is 1. The van der Waals surface area contributed by atoms with Crippen molar-refractivity contribution in [3.8, 4) is 5.75 Å². The minimum Gasteiger partial charge on any atom is -0.491 e. The summed E-state index contributed by atoms with van der Waals surface area (Å²) in [5.74, 6) is 1.34. The van der Waals surface area contributed by atoms with Gasteiger partial charge in [-0.15, -0.1) is 0 Å². The van der Waals surface area contributed by atoms with Crippen molar-refractivity contribution < 1.29 is 9.84 Å². The average molecular weight is 278 g/mol. The van der Waals surface area contributed by atoms with Crippen LogP contribution in [0.15, 0.2) is 24.3 Å². The van der Waals surface area contributed by atoms with Gasteiger partial charge in [0.15, 0.2) is 0 Å². The van der Waals surface area contributed by atoms with Crippen molar-refractivity contribution in [1.82, 2.24) is 4.90 Å². The fourth-order valence-corrected chi connectivity index (χ4v) is 2.40. The summed E-state index contributed by atoms with van der Waals surface area (Å²) < 4.78 is 5.60. The van der Waals surface area contributed by atoms with Gasteiger partial charge in [-0.25, -0.2) is 0 Å². The molecule has 0 bridgehead atoms. The van der Waals surface area contributed by atoms with Crippen LogP contribution in [0.1, 0.15) is 26.7 Å². The fourth-order valence-electron chi connectivity index (χ4n) is 2.40. The molecule has 1 aliphatic rings. The molecule has 0 heterocycles. The van der Waals surface area contributed by atoms with Gasteiger partial charge >= 0.3 is 0 Å². The predicted octanol–water partition coefficient (Wildman–Crippen LogP) is 2.13. The van der Waals surface area contributed by atoms with Crippen LogP contribution in [0.25, 0.3) is 0 Å². The molecule has 3 N–H and O–H groups in total. The number of nitrogens with two attached hydrogens (primary N) is 1. The third-order valence-corrected chi connectivity index (χ3v) is 3.41. The Balaban J connectivity index is 1.77. The molecule has 0 aliphatic heterocycles. The molecular weight excluding hydrogens is 252 g/mol. The van der Waals surface area contributed by atoms with E-state index in [2.05, 4.69) is 18.7 Å². The molecule has 4 heteroatoms. The number of ether oxygens (including phenoxy) is 1. The Kier molecular flexibility index (Phi) is 5.26. The summed E-state index contributed by atoms with van der Waals surface area (Å²) in [6.45, 7) is 6.46. The Labute approximate surface area is 121 Å². The van der Waals surface area contributed by atoms with Crippen LogP contribution in [0.3, 0.4) is 0 Å². The Morgan fingerprint density at radius 1 is 1.35 bits per heavy atom. The molecule has 2 rings (SSSR count). The first-order valence-corrected chi connectivity index (χ1v) is 7.45. The van der Waals surface area contributed by atoms with Crippen molar-refractivity contribution in [2.24, 2.45) is 5.92 Å². The highest BCUT2D eigenvalue weighted by Crippen LogP contribution is 2.27. The first kappa shape index (κ1) is 15.1. The number of nitrogens with zero attached hydrogens (tertiary/aromatic N) is 1. The molecule has 1 aromatic rings. The second-order valence-electron chi connectivity index (χ2n) is 6.12. The molecule has 1 aliphatic carbocycles. The maximum atomic E-state index is 10.1. The summed E-state index contributed by atoms with van der Waals surface area (Å²) in [7, 11) is 0. The smallest absolute Gasteiger partial charge is 0.121 e. The minimum absolute atomic E-state index is 0.310. The second kappa shape index (κ2) is 6.95. The van der Waals surface area contributed by atoms with Gasteiger partial charge in [-0.1, -0.05) is 19.9 Å². The predicted molar refractivity (Wildman–Crippen MR) is 81.8 cm³/mol. The van der Waals surface area contributed by atoms with E-state index in [0.29, 0.717) is 36.5 Å². The van der Waals surface area contributed by atoms with E-state index in [-0.39, 0.29) is 0 Å². The summed E-state index contributed by atoms with van der Waals surface area (Å²) in [6.07, 6.45) is 2.06. The average Bonchev–Trinajstić information content (AvgIpc) is 3.19. The lowest BCUT2D eigenvalue weighted by Gasteiger charge is -2.26. The summed E-state index contributed by atoms with van der Waals surface area (Å²) in [5, 5.41) is 10.1. The van der Waals surface area contributed by atoms with Crippen molar-refractivity contribution in [2.45, 2.75) is 38.8 Å². The SMILES string of the molecule is CC(C)CN(CC(O)COc1cccc(N)c1)C1CC1. The molecule has 1 unspecified atom stereocenters. The van der Waals surface area contributed by atoms with Crippen molar-refractivity contribution >= 4 is 5.69 Å².